The molecular formula is C23H27N3O5. The summed E-state index contributed by atoms with van der Waals surface area (Å²) in [6.45, 7) is 0.523. The number of amides is 3. The molecule has 3 amide bonds. The van der Waals surface area contributed by atoms with Gasteiger partial charge < -0.3 is 24.3 Å². The summed E-state index contributed by atoms with van der Waals surface area (Å²) < 4.78 is 11.5. The maximum atomic E-state index is 12.8. The van der Waals surface area contributed by atoms with Crippen LogP contribution in [0.2, 0.25) is 0 Å². The van der Waals surface area contributed by atoms with E-state index < -0.39 is 5.60 Å². The number of para-hydroxylation sites is 1. The largest absolute Gasteiger partial charge is 0.487 e. The maximum absolute atomic E-state index is 12.8. The lowest BCUT2D eigenvalue weighted by Crippen LogP contribution is -2.47. The van der Waals surface area contributed by atoms with Crippen LogP contribution in [0.3, 0.4) is 0 Å². The van der Waals surface area contributed by atoms with Crippen molar-refractivity contribution >= 4 is 17.7 Å². The summed E-state index contributed by atoms with van der Waals surface area (Å²) in [7, 11) is 3.37. The predicted molar refractivity (Wildman–Crippen MR) is 112 cm³/mol. The van der Waals surface area contributed by atoms with Crippen molar-refractivity contribution in [2.75, 3.05) is 27.2 Å². The molecule has 3 heterocycles. The van der Waals surface area contributed by atoms with Crippen LogP contribution in [0, 0.1) is 0 Å². The highest BCUT2D eigenvalue weighted by Crippen LogP contribution is 2.44. The molecule has 0 unspecified atom stereocenters. The van der Waals surface area contributed by atoms with Gasteiger partial charge in [0.15, 0.2) is 5.76 Å². The molecule has 0 saturated carbocycles. The molecule has 2 aromatic rings. The van der Waals surface area contributed by atoms with Crippen LogP contribution in [-0.4, -0.2) is 60.3 Å². The first-order chi connectivity index (χ1) is 14.9. The molecule has 1 aromatic heterocycles. The van der Waals surface area contributed by atoms with Crippen LogP contribution in [-0.2, 0) is 9.59 Å². The van der Waals surface area contributed by atoms with E-state index in [2.05, 4.69) is 5.32 Å². The van der Waals surface area contributed by atoms with Crippen LogP contribution < -0.4 is 10.1 Å². The molecule has 8 nitrogen and oxygen atoms in total. The van der Waals surface area contributed by atoms with E-state index in [0.717, 1.165) is 11.3 Å². The summed E-state index contributed by atoms with van der Waals surface area (Å²) >= 11 is 0. The van der Waals surface area contributed by atoms with E-state index in [0.29, 0.717) is 32.2 Å². The van der Waals surface area contributed by atoms with Crippen LogP contribution in [0.15, 0.2) is 47.1 Å². The molecule has 0 radical (unpaired) electrons. The Morgan fingerprint density at radius 3 is 2.81 bits per heavy atom. The fourth-order valence-corrected chi connectivity index (χ4v) is 4.32. The average molecular weight is 425 g/mol. The summed E-state index contributed by atoms with van der Waals surface area (Å²) in [6.07, 6.45) is 3.72. The monoisotopic (exact) mass is 425 g/mol. The van der Waals surface area contributed by atoms with E-state index in [1.807, 2.05) is 31.3 Å². The Bertz CT molecular complexity index is 973. The third-order valence-corrected chi connectivity index (χ3v) is 6.11. The highest BCUT2D eigenvalue weighted by atomic mass is 16.5. The topological polar surface area (TPSA) is 92.1 Å². The highest BCUT2D eigenvalue weighted by molar-refractivity contribution is 5.94. The van der Waals surface area contributed by atoms with E-state index in [1.165, 1.54) is 11.2 Å². The third kappa shape index (κ3) is 4.42. The van der Waals surface area contributed by atoms with Crippen molar-refractivity contribution in [1.82, 2.24) is 15.1 Å². The molecule has 1 spiro atoms. The highest BCUT2D eigenvalue weighted by Gasteiger charge is 2.43. The molecule has 2 atom stereocenters. The maximum Gasteiger partial charge on any atom is 0.289 e. The second-order valence-electron chi connectivity index (χ2n) is 8.35. The van der Waals surface area contributed by atoms with Crippen LogP contribution in [0.1, 0.15) is 47.8 Å². The SMILES string of the molecule is CN1CC[C@@]2(CCC1=O)C[C@@H](NC(=O)CN(C)C(=O)c1ccco1)c1ccccc1O2. The van der Waals surface area contributed by atoms with Crippen molar-refractivity contribution in [2.24, 2.45) is 0 Å². The molecule has 1 aromatic carbocycles. The molecule has 31 heavy (non-hydrogen) atoms. The lowest BCUT2D eigenvalue weighted by molar-refractivity contribution is -0.129. The summed E-state index contributed by atoms with van der Waals surface area (Å²) in [5.41, 5.74) is 0.396. The van der Waals surface area contributed by atoms with Gasteiger partial charge in [-0.3, -0.25) is 14.4 Å². The minimum atomic E-state index is -0.511. The number of carbonyl (C=O) groups excluding carboxylic acids is 3. The van der Waals surface area contributed by atoms with Gasteiger partial charge in [-0.2, -0.15) is 0 Å². The Morgan fingerprint density at radius 1 is 1.23 bits per heavy atom. The lowest BCUT2D eigenvalue weighted by atomic mass is 9.82. The number of nitrogens with one attached hydrogen (secondary N) is 1. The Balaban J connectivity index is 1.49. The molecule has 4 rings (SSSR count). The second kappa shape index (κ2) is 8.45. The number of nitrogens with zero attached hydrogens (tertiary/aromatic N) is 2. The number of likely N-dealkylation sites (tertiary alicyclic amines) is 1. The van der Waals surface area contributed by atoms with E-state index in [9.17, 15) is 14.4 Å². The van der Waals surface area contributed by atoms with Gasteiger partial charge in [-0.05, 0) is 24.6 Å². The molecule has 1 saturated heterocycles. The normalized spacial score (nSPS) is 23.0. The first kappa shape index (κ1) is 21.0. The van der Waals surface area contributed by atoms with Crippen molar-refractivity contribution in [3.63, 3.8) is 0 Å². The number of hydrogen-bond acceptors (Lipinski definition) is 5. The molecule has 8 heteroatoms. The van der Waals surface area contributed by atoms with Crippen LogP contribution in [0.5, 0.6) is 5.75 Å². The van der Waals surface area contributed by atoms with Crippen LogP contribution in [0.25, 0.3) is 0 Å². The van der Waals surface area contributed by atoms with Gasteiger partial charge in [0, 0.05) is 45.5 Å². The standard InChI is InChI=1S/C23H27N3O5/c1-25-12-11-23(10-9-21(25)28)14-17(16-6-3-4-7-18(16)31-23)24-20(27)15-26(2)22(29)19-8-5-13-30-19/h3-8,13,17H,9-12,14-15H2,1-2H3,(H,24,27)/t17-,23+/m1/s1. The van der Waals surface area contributed by atoms with Crippen molar-refractivity contribution in [1.29, 1.82) is 0 Å². The fourth-order valence-electron chi connectivity index (χ4n) is 4.32. The van der Waals surface area contributed by atoms with Gasteiger partial charge in [-0.25, -0.2) is 0 Å². The van der Waals surface area contributed by atoms with Crippen molar-refractivity contribution < 1.29 is 23.5 Å². The van der Waals surface area contributed by atoms with E-state index in [-0.39, 0.29) is 36.1 Å². The van der Waals surface area contributed by atoms with E-state index in [1.54, 1.807) is 24.1 Å². The molecule has 2 aliphatic rings. The number of ether oxygens (including phenoxy) is 1. The van der Waals surface area contributed by atoms with E-state index >= 15 is 0 Å². The summed E-state index contributed by atoms with van der Waals surface area (Å²) in [5, 5.41) is 3.08. The lowest BCUT2D eigenvalue weighted by Gasteiger charge is -2.42. The van der Waals surface area contributed by atoms with Gasteiger partial charge in [-0.15, -0.1) is 0 Å². The van der Waals surface area contributed by atoms with Gasteiger partial charge in [0.2, 0.25) is 11.8 Å². The summed E-state index contributed by atoms with van der Waals surface area (Å²) in [4.78, 5) is 40.4. The zero-order valence-corrected chi connectivity index (χ0v) is 17.8. The fraction of sp³-hybridized carbons (Fsp3) is 0.435. The molecule has 164 valence electrons. The first-order valence-electron chi connectivity index (χ1n) is 10.5. The number of likely N-dealkylation sites (N-methyl/N-ethyl adjacent to an activating group) is 1. The predicted octanol–water partition coefficient (Wildman–Crippen LogP) is 2.37. The number of rotatable bonds is 4. The number of hydrogen-bond donors (Lipinski definition) is 1. The average Bonchev–Trinajstić information content (AvgIpc) is 3.26. The van der Waals surface area contributed by atoms with Gasteiger partial charge in [-0.1, -0.05) is 18.2 Å². The van der Waals surface area contributed by atoms with Gasteiger partial charge in [0.25, 0.3) is 5.91 Å². The molecule has 1 N–H and O–H groups in total. The number of fused-ring (bicyclic) bond motifs is 1. The number of benzene rings is 1. The quantitative estimate of drug-likeness (QED) is 0.812. The minimum absolute atomic E-state index is 0.0900. The zero-order chi connectivity index (χ0) is 22.0. The molecule has 2 aliphatic heterocycles. The molecule has 1 fully saturated rings. The Morgan fingerprint density at radius 2 is 2.03 bits per heavy atom. The van der Waals surface area contributed by atoms with Crippen molar-refractivity contribution in [3.8, 4) is 5.75 Å². The molecule has 0 aliphatic carbocycles. The van der Waals surface area contributed by atoms with Crippen LogP contribution >= 0.6 is 0 Å². The Labute approximate surface area is 181 Å². The number of furan rings is 1. The zero-order valence-electron chi connectivity index (χ0n) is 17.8. The Kier molecular flexibility index (Phi) is 5.71. The van der Waals surface area contributed by atoms with Crippen molar-refractivity contribution in [2.45, 2.75) is 37.3 Å². The third-order valence-electron chi connectivity index (χ3n) is 6.11. The molecule has 0 bridgehead atoms. The van der Waals surface area contributed by atoms with E-state index in [4.69, 9.17) is 9.15 Å². The summed E-state index contributed by atoms with van der Waals surface area (Å²) in [5.74, 6) is 0.419. The molecular weight excluding hydrogens is 398 g/mol. The first-order valence-corrected chi connectivity index (χ1v) is 10.5. The second-order valence-corrected chi connectivity index (χ2v) is 8.35. The van der Waals surface area contributed by atoms with Crippen LogP contribution in [0.4, 0.5) is 0 Å². The summed E-state index contributed by atoms with van der Waals surface area (Å²) in [6, 6.07) is 10.6. The minimum Gasteiger partial charge on any atom is -0.487 e. The van der Waals surface area contributed by atoms with Gasteiger partial charge in [0.05, 0.1) is 18.8 Å². The smallest absolute Gasteiger partial charge is 0.289 e. The van der Waals surface area contributed by atoms with Crippen molar-refractivity contribution in [3.05, 3.63) is 54.0 Å². The Hall–Kier alpha value is -3.29. The van der Waals surface area contributed by atoms with Gasteiger partial charge in [0.1, 0.15) is 11.4 Å². The number of carbonyl (C=O) groups is 3. The van der Waals surface area contributed by atoms with Gasteiger partial charge >= 0.3 is 0 Å².